The first kappa shape index (κ1) is 16.9. The summed E-state index contributed by atoms with van der Waals surface area (Å²) in [6.45, 7) is 7.02. The van der Waals surface area contributed by atoms with Crippen molar-refractivity contribution >= 4 is 29.3 Å². The lowest BCUT2D eigenvalue weighted by Gasteiger charge is -2.37. The molecule has 4 nitrogen and oxygen atoms in total. The van der Waals surface area contributed by atoms with Gasteiger partial charge in [-0.3, -0.25) is 9.59 Å². The van der Waals surface area contributed by atoms with Crippen molar-refractivity contribution in [1.82, 2.24) is 4.90 Å². The van der Waals surface area contributed by atoms with Gasteiger partial charge in [0.15, 0.2) is 4.87 Å². The molecule has 1 aliphatic carbocycles. The maximum Gasteiger partial charge on any atom is 0.268 e. The zero-order chi connectivity index (χ0) is 18.0. The molecule has 2 heterocycles. The Labute approximate surface area is 151 Å². The van der Waals surface area contributed by atoms with Gasteiger partial charge < -0.3 is 9.80 Å². The van der Waals surface area contributed by atoms with Crippen LogP contribution in [0.25, 0.3) is 0 Å². The second-order valence-corrected chi connectivity index (χ2v) is 9.67. The van der Waals surface area contributed by atoms with Gasteiger partial charge in [-0.15, -0.1) is 11.8 Å². The number of carbonyl (C=O) groups is 2. The molecule has 0 aromatic heterocycles. The quantitative estimate of drug-likeness (QED) is 0.808. The molecule has 0 N–H and O–H groups in total. The minimum atomic E-state index is -1.12. The summed E-state index contributed by atoms with van der Waals surface area (Å²) in [5.41, 5.74) is 1.35. The van der Waals surface area contributed by atoms with Crippen LogP contribution in [0.1, 0.15) is 45.6 Å². The van der Waals surface area contributed by atoms with Crippen LogP contribution in [-0.4, -0.2) is 34.6 Å². The van der Waals surface area contributed by atoms with Crippen molar-refractivity contribution in [3.8, 4) is 0 Å². The molecule has 2 amide bonds. The van der Waals surface area contributed by atoms with Gasteiger partial charge >= 0.3 is 0 Å². The molecule has 6 heteroatoms. The third-order valence-corrected chi connectivity index (χ3v) is 7.12. The summed E-state index contributed by atoms with van der Waals surface area (Å²) in [6, 6.07) is 4.49. The Hall–Kier alpha value is -1.56. The molecule has 134 valence electrons. The van der Waals surface area contributed by atoms with Crippen molar-refractivity contribution in [2.45, 2.75) is 49.7 Å². The second-order valence-electron chi connectivity index (χ2n) is 7.77. The lowest BCUT2D eigenvalue weighted by atomic mass is 9.83. The van der Waals surface area contributed by atoms with E-state index >= 15 is 0 Å². The summed E-state index contributed by atoms with van der Waals surface area (Å²) in [5.74, 6) is -0.429. The maximum atomic E-state index is 14.1. The highest BCUT2D eigenvalue weighted by atomic mass is 32.2. The molecule has 0 unspecified atom stereocenters. The highest BCUT2D eigenvalue weighted by Gasteiger charge is 2.64. The van der Waals surface area contributed by atoms with Gasteiger partial charge in [0, 0.05) is 29.3 Å². The van der Waals surface area contributed by atoms with Crippen LogP contribution in [-0.2, 0) is 14.5 Å². The van der Waals surface area contributed by atoms with E-state index in [9.17, 15) is 14.0 Å². The number of amides is 2. The van der Waals surface area contributed by atoms with E-state index in [1.54, 1.807) is 15.9 Å². The number of rotatable bonds is 2. The SMILES string of the molecule is CCN1C(=O)[C@]2(SC(C)(C)CN2C(=O)C2CCC2)c2cc(F)ccc21. The van der Waals surface area contributed by atoms with Gasteiger partial charge in [0.05, 0.1) is 5.69 Å². The van der Waals surface area contributed by atoms with Crippen molar-refractivity contribution < 1.29 is 14.0 Å². The number of halogens is 1. The summed E-state index contributed by atoms with van der Waals surface area (Å²) in [4.78, 5) is 28.9. The monoisotopic (exact) mass is 362 g/mol. The van der Waals surface area contributed by atoms with Gasteiger partial charge in [0.2, 0.25) is 5.91 Å². The Morgan fingerprint density at radius 1 is 1.36 bits per heavy atom. The molecule has 2 fully saturated rings. The van der Waals surface area contributed by atoms with Gasteiger partial charge in [0.1, 0.15) is 5.82 Å². The molecule has 1 saturated carbocycles. The third kappa shape index (κ3) is 2.26. The molecule has 2 aliphatic heterocycles. The minimum Gasteiger partial charge on any atom is -0.314 e. The number of hydrogen-bond acceptors (Lipinski definition) is 3. The molecule has 1 atom stereocenters. The van der Waals surface area contributed by atoms with Crippen LogP contribution in [0, 0.1) is 11.7 Å². The van der Waals surface area contributed by atoms with Crippen LogP contribution in [0.2, 0.25) is 0 Å². The van der Waals surface area contributed by atoms with Crippen LogP contribution in [0.15, 0.2) is 18.2 Å². The van der Waals surface area contributed by atoms with Gasteiger partial charge in [0.25, 0.3) is 5.91 Å². The Balaban J connectivity index is 1.89. The van der Waals surface area contributed by atoms with Crippen molar-refractivity contribution in [3.05, 3.63) is 29.6 Å². The fraction of sp³-hybridized carbons (Fsp3) is 0.579. The fourth-order valence-corrected chi connectivity index (χ4v) is 5.91. The number of carbonyl (C=O) groups excluding carboxylic acids is 2. The van der Waals surface area contributed by atoms with E-state index in [2.05, 4.69) is 0 Å². The zero-order valence-electron chi connectivity index (χ0n) is 14.8. The van der Waals surface area contributed by atoms with Gasteiger partial charge in [-0.1, -0.05) is 6.42 Å². The summed E-state index contributed by atoms with van der Waals surface area (Å²) < 4.78 is 13.8. The molecule has 0 bridgehead atoms. The molecule has 1 saturated heterocycles. The van der Waals surface area contributed by atoms with Crippen molar-refractivity contribution in [1.29, 1.82) is 0 Å². The fourth-order valence-electron chi connectivity index (χ4n) is 4.18. The minimum absolute atomic E-state index is 0.00635. The lowest BCUT2D eigenvalue weighted by molar-refractivity contribution is -0.146. The topological polar surface area (TPSA) is 40.6 Å². The number of hydrogen-bond donors (Lipinski definition) is 0. The van der Waals surface area contributed by atoms with Crippen LogP contribution in [0.4, 0.5) is 10.1 Å². The summed E-state index contributed by atoms with van der Waals surface area (Å²) in [6.07, 6.45) is 2.84. The first-order chi connectivity index (χ1) is 11.8. The number of fused-ring (bicyclic) bond motifs is 2. The third-order valence-electron chi connectivity index (χ3n) is 5.53. The molecule has 4 rings (SSSR count). The van der Waals surface area contributed by atoms with Crippen LogP contribution >= 0.6 is 11.8 Å². The van der Waals surface area contributed by atoms with Crippen LogP contribution < -0.4 is 4.90 Å². The highest BCUT2D eigenvalue weighted by molar-refractivity contribution is 8.02. The highest BCUT2D eigenvalue weighted by Crippen LogP contribution is 2.60. The van der Waals surface area contributed by atoms with Crippen LogP contribution in [0.5, 0.6) is 0 Å². The smallest absolute Gasteiger partial charge is 0.268 e. The van der Waals surface area contributed by atoms with Crippen molar-refractivity contribution in [2.24, 2.45) is 5.92 Å². The zero-order valence-corrected chi connectivity index (χ0v) is 15.7. The molecule has 1 aromatic rings. The van der Waals surface area contributed by atoms with Crippen molar-refractivity contribution in [3.63, 3.8) is 0 Å². The second kappa shape index (κ2) is 5.47. The standard InChI is InChI=1S/C19H23FN2O2S/c1-4-21-15-9-8-13(20)10-14(15)19(17(21)24)22(11-18(2,3)25-19)16(23)12-6-5-7-12/h8-10,12H,4-7,11H2,1-3H3/t19-/m1/s1. The lowest BCUT2D eigenvalue weighted by Crippen LogP contribution is -2.53. The molecule has 3 aliphatic rings. The first-order valence-corrected chi connectivity index (χ1v) is 9.75. The van der Waals surface area contributed by atoms with Gasteiger partial charge in [-0.05, 0) is 51.8 Å². The van der Waals surface area contributed by atoms with Crippen molar-refractivity contribution in [2.75, 3.05) is 18.0 Å². The number of benzene rings is 1. The molecule has 1 aromatic carbocycles. The molecule has 25 heavy (non-hydrogen) atoms. The predicted molar refractivity (Wildman–Crippen MR) is 96.8 cm³/mol. The van der Waals surface area contributed by atoms with Gasteiger partial charge in [-0.2, -0.15) is 0 Å². The predicted octanol–water partition coefficient (Wildman–Crippen LogP) is 3.50. The first-order valence-electron chi connectivity index (χ1n) is 8.94. The number of nitrogens with zero attached hydrogens (tertiary/aromatic N) is 2. The Morgan fingerprint density at radius 3 is 2.68 bits per heavy atom. The average Bonchev–Trinajstić information content (AvgIpc) is 2.91. The normalized spacial score (nSPS) is 27.8. The summed E-state index contributed by atoms with van der Waals surface area (Å²) in [5, 5.41) is 0. The molecular weight excluding hydrogens is 339 g/mol. The summed E-state index contributed by atoms with van der Waals surface area (Å²) >= 11 is 1.49. The largest absolute Gasteiger partial charge is 0.314 e. The number of anilines is 1. The molecule has 0 radical (unpaired) electrons. The maximum absolute atomic E-state index is 14.1. The van der Waals surface area contributed by atoms with E-state index in [4.69, 9.17) is 0 Å². The van der Waals surface area contributed by atoms with E-state index in [-0.39, 0.29) is 28.3 Å². The van der Waals surface area contributed by atoms with Crippen LogP contribution in [0.3, 0.4) is 0 Å². The number of thioether (sulfide) groups is 1. The average molecular weight is 362 g/mol. The molecule has 1 spiro atoms. The Bertz CT molecular complexity index is 762. The summed E-state index contributed by atoms with van der Waals surface area (Å²) in [7, 11) is 0. The van der Waals surface area contributed by atoms with E-state index in [1.807, 2.05) is 20.8 Å². The van der Waals surface area contributed by atoms with E-state index < -0.39 is 4.87 Å². The Kier molecular flexibility index (Phi) is 3.69. The van der Waals surface area contributed by atoms with E-state index in [1.165, 1.54) is 23.9 Å². The van der Waals surface area contributed by atoms with E-state index in [0.717, 1.165) is 24.9 Å². The van der Waals surface area contributed by atoms with Gasteiger partial charge in [-0.25, -0.2) is 4.39 Å². The van der Waals surface area contributed by atoms with E-state index in [0.29, 0.717) is 18.7 Å². The Morgan fingerprint density at radius 2 is 2.08 bits per heavy atom. The number of likely N-dealkylation sites (N-methyl/N-ethyl adjacent to an activating group) is 1. The molecular formula is C19H23FN2O2S.